The molecule has 0 fully saturated rings. The molecule has 0 bridgehead atoms. The predicted molar refractivity (Wildman–Crippen MR) is 76.2 cm³/mol. The number of nitrogens with zero attached hydrogens (tertiary/aromatic N) is 2. The number of nitrogen functional groups attached to an aromatic ring is 1. The van der Waals surface area contributed by atoms with Crippen LogP contribution in [-0.2, 0) is 0 Å². The Morgan fingerprint density at radius 2 is 2.32 bits per heavy atom. The minimum Gasteiger partial charge on any atom is -0.382 e. The van der Waals surface area contributed by atoms with Crippen molar-refractivity contribution in [3.63, 3.8) is 0 Å². The second kappa shape index (κ2) is 5.66. The molecule has 2 rings (SSSR count). The minimum atomic E-state index is -0.243. The summed E-state index contributed by atoms with van der Waals surface area (Å²) in [5, 5.41) is 6.46. The fourth-order valence-electron chi connectivity index (χ4n) is 1.66. The molecule has 2 aromatic rings. The van der Waals surface area contributed by atoms with Crippen molar-refractivity contribution in [2.45, 2.75) is 13.0 Å². The van der Waals surface area contributed by atoms with Crippen LogP contribution in [-0.4, -0.2) is 22.3 Å². The maximum atomic E-state index is 11.8. The standard InChI is InChI=1S/C12H15N5OS/c1-7(8-4-3-5-15-6-8)16-12-9(11(18)14-2)10(13)17-19-12/h3-7,16H,1-2H3,(H2,13,17)(H,14,18). The Hall–Kier alpha value is -2.15. The SMILES string of the molecule is CNC(=O)c1c(N)nsc1NC(C)c1cccnc1. The van der Waals surface area contributed by atoms with Gasteiger partial charge in [-0.3, -0.25) is 9.78 Å². The molecule has 100 valence electrons. The van der Waals surface area contributed by atoms with E-state index in [9.17, 15) is 4.79 Å². The number of anilines is 2. The van der Waals surface area contributed by atoms with Crippen molar-refractivity contribution >= 4 is 28.3 Å². The molecule has 6 nitrogen and oxygen atoms in total. The zero-order chi connectivity index (χ0) is 13.8. The first-order chi connectivity index (χ1) is 9.13. The fourth-order valence-corrected chi connectivity index (χ4v) is 2.46. The number of carbonyl (C=O) groups excluding carboxylic acids is 1. The highest BCUT2D eigenvalue weighted by atomic mass is 32.1. The van der Waals surface area contributed by atoms with Crippen molar-refractivity contribution in [2.75, 3.05) is 18.1 Å². The Morgan fingerprint density at radius 3 is 2.95 bits per heavy atom. The molecule has 0 aliphatic carbocycles. The second-order valence-corrected chi connectivity index (χ2v) is 4.78. The molecule has 0 spiro atoms. The third kappa shape index (κ3) is 2.82. The average molecular weight is 277 g/mol. The lowest BCUT2D eigenvalue weighted by Gasteiger charge is -2.14. The number of rotatable bonds is 4. The molecule has 2 heterocycles. The first-order valence-electron chi connectivity index (χ1n) is 5.77. The van der Waals surface area contributed by atoms with Gasteiger partial charge in [-0.2, -0.15) is 4.37 Å². The lowest BCUT2D eigenvalue weighted by atomic mass is 10.1. The van der Waals surface area contributed by atoms with E-state index in [2.05, 4.69) is 20.0 Å². The van der Waals surface area contributed by atoms with E-state index < -0.39 is 0 Å². The molecule has 19 heavy (non-hydrogen) atoms. The quantitative estimate of drug-likeness (QED) is 0.790. The highest BCUT2D eigenvalue weighted by molar-refractivity contribution is 7.11. The highest BCUT2D eigenvalue weighted by Crippen LogP contribution is 2.29. The van der Waals surface area contributed by atoms with Crippen LogP contribution in [0.3, 0.4) is 0 Å². The Labute approximate surface area is 115 Å². The Morgan fingerprint density at radius 1 is 1.53 bits per heavy atom. The van der Waals surface area contributed by atoms with Gasteiger partial charge in [0.25, 0.3) is 5.91 Å². The lowest BCUT2D eigenvalue weighted by molar-refractivity contribution is 0.0965. The van der Waals surface area contributed by atoms with Crippen molar-refractivity contribution < 1.29 is 4.79 Å². The van der Waals surface area contributed by atoms with Gasteiger partial charge < -0.3 is 16.4 Å². The van der Waals surface area contributed by atoms with E-state index in [1.165, 1.54) is 11.5 Å². The third-order valence-corrected chi connectivity index (χ3v) is 3.50. The largest absolute Gasteiger partial charge is 0.382 e. The number of amides is 1. The average Bonchev–Trinajstić information content (AvgIpc) is 2.80. The molecule has 0 aliphatic rings. The molecule has 0 saturated carbocycles. The van der Waals surface area contributed by atoms with Gasteiger partial charge in [0.05, 0.1) is 6.04 Å². The second-order valence-electron chi connectivity index (χ2n) is 4.00. The third-order valence-electron chi connectivity index (χ3n) is 2.70. The number of nitrogens with two attached hydrogens (primary N) is 1. The van der Waals surface area contributed by atoms with Crippen LogP contribution in [0.5, 0.6) is 0 Å². The van der Waals surface area contributed by atoms with E-state index in [-0.39, 0.29) is 17.8 Å². The monoisotopic (exact) mass is 277 g/mol. The van der Waals surface area contributed by atoms with Gasteiger partial charge in [-0.05, 0) is 30.1 Å². The summed E-state index contributed by atoms with van der Waals surface area (Å²) >= 11 is 1.18. The molecular weight excluding hydrogens is 262 g/mol. The molecular formula is C12H15N5OS. The number of nitrogens with one attached hydrogen (secondary N) is 2. The Balaban J connectivity index is 2.22. The topological polar surface area (TPSA) is 92.9 Å². The smallest absolute Gasteiger partial charge is 0.257 e. The maximum absolute atomic E-state index is 11.8. The normalized spacial score (nSPS) is 11.9. The van der Waals surface area contributed by atoms with E-state index in [1.807, 2.05) is 19.1 Å². The van der Waals surface area contributed by atoms with E-state index in [0.29, 0.717) is 10.6 Å². The molecule has 1 unspecified atom stereocenters. The van der Waals surface area contributed by atoms with Gasteiger partial charge in [0.1, 0.15) is 10.6 Å². The Kier molecular flexibility index (Phi) is 3.96. The van der Waals surface area contributed by atoms with Gasteiger partial charge in [-0.25, -0.2) is 0 Å². The van der Waals surface area contributed by atoms with Gasteiger partial charge in [-0.15, -0.1) is 0 Å². The van der Waals surface area contributed by atoms with E-state index in [4.69, 9.17) is 5.73 Å². The van der Waals surface area contributed by atoms with Crippen molar-refractivity contribution in [2.24, 2.45) is 0 Å². The Bertz CT molecular complexity index is 569. The van der Waals surface area contributed by atoms with Crippen LogP contribution in [0, 0.1) is 0 Å². The minimum absolute atomic E-state index is 0.0111. The molecule has 0 aliphatic heterocycles. The summed E-state index contributed by atoms with van der Waals surface area (Å²) < 4.78 is 4.01. The van der Waals surface area contributed by atoms with Crippen molar-refractivity contribution in [1.82, 2.24) is 14.7 Å². The van der Waals surface area contributed by atoms with Gasteiger partial charge in [0.15, 0.2) is 5.82 Å². The van der Waals surface area contributed by atoms with E-state index >= 15 is 0 Å². The van der Waals surface area contributed by atoms with Crippen molar-refractivity contribution in [3.8, 4) is 0 Å². The van der Waals surface area contributed by atoms with Crippen LogP contribution < -0.4 is 16.4 Å². The zero-order valence-electron chi connectivity index (χ0n) is 10.7. The molecule has 0 radical (unpaired) electrons. The molecule has 0 aromatic carbocycles. The summed E-state index contributed by atoms with van der Waals surface area (Å²) in [6.45, 7) is 1.99. The number of aromatic nitrogens is 2. The van der Waals surface area contributed by atoms with E-state index in [0.717, 1.165) is 5.56 Å². The fraction of sp³-hybridized carbons (Fsp3) is 0.250. The first kappa shape index (κ1) is 13.3. The number of carbonyl (C=O) groups is 1. The summed E-state index contributed by atoms with van der Waals surface area (Å²) in [6.07, 6.45) is 3.50. The highest BCUT2D eigenvalue weighted by Gasteiger charge is 2.19. The van der Waals surface area contributed by atoms with Crippen LogP contribution in [0.4, 0.5) is 10.8 Å². The molecule has 7 heteroatoms. The van der Waals surface area contributed by atoms with Gasteiger partial charge in [0, 0.05) is 19.4 Å². The van der Waals surface area contributed by atoms with Crippen molar-refractivity contribution in [3.05, 3.63) is 35.7 Å². The van der Waals surface area contributed by atoms with Gasteiger partial charge in [-0.1, -0.05) is 6.07 Å². The van der Waals surface area contributed by atoms with Gasteiger partial charge >= 0.3 is 0 Å². The summed E-state index contributed by atoms with van der Waals surface area (Å²) in [5.74, 6) is -0.00243. The molecule has 0 saturated heterocycles. The summed E-state index contributed by atoms with van der Waals surface area (Å²) in [6, 6.07) is 3.85. The van der Waals surface area contributed by atoms with Crippen LogP contribution >= 0.6 is 11.5 Å². The van der Waals surface area contributed by atoms with Crippen LogP contribution in [0.15, 0.2) is 24.5 Å². The molecule has 1 atom stereocenters. The maximum Gasteiger partial charge on any atom is 0.257 e. The summed E-state index contributed by atoms with van der Waals surface area (Å²) in [5.41, 5.74) is 7.14. The van der Waals surface area contributed by atoms with E-state index in [1.54, 1.807) is 19.4 Å². The number of pyridine rings is 1. The predicted octanol–water partition coefficient (Wildman–Crippen LogP) is 1.65. The van der Waals surface area contributed by atoms with Crippen LogP contribution in [0.2, 0.25) is 0 Å². The first-order valence-corrected chi connectivity index (χ1v) is 6.54. The molecule has 2 aromatic heterocycles. The lowest BCUT2D eigenvalue weighted by Crippen LogP contribution is -2.20. The number of hydrogen-bond acceptors (Lipinski definition) is 6. The van der Waals surface area contributed by atoms with Gasteiger partial charge in [0.2, 0.25) is 0 Å². The van der Waals surface area contributed by atoms with Crippen molar-refractivity contribution in [1.29, 1.82) is 0 Å². The summed E-state index contributed by atoms with van der Waals surface area (Å²) in [4.78, 5) is 15.8. The zero-order valence-corrected chi connectivity index (χ0v) is 11.5. The molecule has 1 amide bonds. The molecule has 4 N–H and O–H groups in total. The van der Waals surface area contributed by atoms with Crippen LogP contribution in [0.25, 0.3) is 0 Å². The summed E-state index contributed by atoms with van der Waals surface area (Å²) in [7, 11) is 1.56. The van der Waals surface area contributed by atoms with Crippen LogP contribution in [0.1, 0.15) is 28.9 Å². The number of hydrogen-bond donors (Lipinski definition) is 3.